The Balaban J connectivity index is 1.98. The highest BCUT2D eigenvalue weighted by Crippen LogP contribution is 2.27. The van der Waals surface area contributed by atoms with E-state index < -0.39 is 0 Å². The average molecular weight is 231 g/mol. The van der Waals surface area contributed by atoms with Crippen LogP contribution >= 0.6 is 0 Å². The van der Waals surface area contributed by atoms with Gasteiger partial charge < -0.3 is 5.32 Å². The normalized spacial score (nSPS) is 24.8. The number of rotatable bonds is 4. The summed E-state index contributed by atoms with van der Waals surface area (Å²) in [7, 11) is 2.11. The largest absolute Gasteiger partial charge is 0.317 e. The van der Waals surface area contributed by atoms with Gasteiger partial charge in [0.25, 0.3) is 0 Å². The van der Waals surface area contributed by atoms with E-state index in [0.29, 0.717) is 0 Å². The number of benzene rings is 1. The molecule has 0 heterocycles. The number of nitrogens with one attached hydrogen (secondary N) is 1. The highest BCUT2D eigenvalue weighted by Gasteiger charge is 2.23. The fraction of sp³-hybridized carbons (Fsp3) is 0.625. The maximum absolute atomic E-state index is 3.50. The second kappa shape index (κ2) is 6.20. The zero-order chi connectivity index (χ0) is 12.1. The van der Waals surface area contributed by atoms with Crippen LogP contribution in [0.1, 0.15) is 43.7 Å². The lowest BCUT2D eigenvalue weighted by Crippen LogP contribution is -2.37. The van der Waals surface area contributed by atoms with Gasteiger partial charge in [0.1, 0.15) is 0 Å². The Bertz CT molecular complexity index is 328. The molecule has 17 heavy (non-hydrogen) atoms. The molecule has 1 aromatic carbocycles. The molecule has 0 saturated heterocycles. The Kier molecular flexibility index (Phi) is 4.61. The fourth-order valence-electron chi connectivity index (χ4n) is 3.05. The monoisotopic (exact) mass is 231 g/mol. The predicted molar refractivity (Wildman–Crippen MR) is 74.3 cm³/mol. The standard InChI is InChI=1S/C16H25N/c1-3-13-8-10-14(11-9-13)12-15-6-4-5-7-16(15)17-2/h8-11,15-17H,3-7,12H2,1-2H3. The zero-order valence-electron chi connectivity index (χ0n) is 11.2. The van der Waals surface area contributed by atoms with Gasteiger partial charge in [-0.25, -0.2) is 0 Å². The van der Waals surface area contributed by atoms with E-state index in [4.69, 9.17) is 0 Å². The Morgan fingerprint density at radius 2 is 1.71 bits per heavy atom. The van der Waals surface area contributed by atoms with Crippen LogP contribution in [-0.2, 0) is 12.8 Å². The highest BCUT2D eigenvalue weighted by molar-refractivity contribution is 5.23. The van der Waals surface area contributed by atoms with E-state index in [9.17, 15) is 0 Å². The molecule has 1 nitrogen and oxygen atoms in total. The summed E-state index contributed by atoms with van der Waals surface area (Å²) in [5.41, 5.74) is 2.96. The van der Waals surface area contributed by atoms with Gasteiger partial charge in [0.15, 0.2) is 0 Å². The van der Waals surface area contributed by atoms with Crippen LogP contribution in [0.3, 0.4) is 0 Å². The Labute approximate surface area is 106 Å². The topological polar surface area (TPSA) is 12.0 Å². The summed E-state index contributed by atoms with van der Waals surface area (Å²) in [6, 6.07) is 9.94. The van der Waals surface area contributed by atoms with Crippen molar-refractivity contribution in [2.45, 2.75) is 51.5 Å². The van der Waals surface area contributed by atoms with Crippen molar-refractivity contribution < 1.29 is 0 Å². The Hall–Kier alpha value is -0.820. The molecule has 1 aliphatic carbocycles. The molecule has 0 spiro atoms. The van der Waals surface area contributed by atoms with E-state index in [1.807, 2.05) is 0 Å². The molecule has 2 rings (SSSR count). The molecule has 2 unspecified atom stereocenters. The van der Waals surface area contributed by atoms with Crippen molar-refractivity contribution in [2.75, 3.05) is 7.05 Å². The molecule has 1 aromatic rings. The molecule has 0 radical (unpaired) electrons. The molecule has 1 saturated carbocycles. The first-order valence-corrected chi connectivity index (χ1v) is 7.08. The van der Waals surface area contributed by atoms with Gasteiger partial charge in [-0.3, -0.25) is 0 Å². The molecule has 1 heteroatoms. The SMILES string of the molecule is CCc1ccc(CC2CCCCC2NC)cc1. The minimum absolute atomic E-state index is 0.731. The summed E-state index contributed by atoms with van der Waals surface area (Å²) in [6.07, 6.45) is 7.94. The number of hydrogen-bond acceptors (Lipinski definition) is 1. The third-order valence-electron chi connectivity index (χ3n) is 4.21. The second-order valence-corrected chi connectivity index (χ2v) is 5.31. The van der Waals surface area contributed by atoms with Crippen LogP contribution in [-0.4, -0.2) is 13.1 Å². The highest BCUT2D eigenvalue weighted by atomic mass is 14.9. The Morgan fingerprint density at radius 1 is 1.06 bits per heavy atom. The van der Waals surface area contributed by atoms with Gasteiger partial charge in [-0.2, -0.15) is 0 Å². The van der Waals surface area contributed by atoms with Crippen molar-refractivity contribution >= 4 is 0 Å². The van der Waals surface area contributed by atoms with Gasteiger partial charge in [-0.15, -0.1) is 0 Å². The van der Waals surface area contributed by atoms with Crippen LogP contribution in [0.2, 0.25) is 0 Å². The van der Waals surface area contributed by atoms with Gasteiger partial charge in [-0.1, -0.05) is 44.0 Å². The van der Waals surface area contributed by atoms with Crippen molar-refractivity contribution in [1.29, 1.82) is 0 Å². The summed E-state index contributed by atoms with van der Waals surface area (Å²) in [6.45, 7) is 2.22. The van der Waals surface area contributed by atoms with Crippen molar-refractivity contribution in [2.24, 2.45) is 5.92 Å². The summed E-state index contributed by atoms with van der Waals surface area (Å²) in [5, 5.41) is 3.50. The zero-order valence-corrected chi connectivity index (χ0v) is 11.2. The van der Waals surface area contributed by atoms with E-state index in [-0.39, 0.29) is 0 Å². The summed E-state index contributed by atoms with van der Waals surface area (Å²) < 4.78 is 0. The molecule has 1 N–H and O–H groups in total. The van der Waals surface area contributed by atoms with Crippen LogP contribution in [0.25, 0.3) is 0 Å². The summed E-state index contributed by atoms with van der Waals surface area (Å²) >= 11 is 0. The first kappa shape index (κ1) is 12.6. The van der Waals surface area contributed by atoms with Crippen molar-refractivity contribution in [3.05, 3.63) is 35.4 Å². The summed E-state index contributed by atoms with van der Waals surface area (Å²) in [5.74, 6) is 0.834. The van der Waals surface area contributed by atoms with Crippen molar-refractivity contribution in [3.63, 3.8) is 0 Å². The lowest BCUT2D eigenvalue weighted by molar-refractivity contribution is 0.273. The molecular formula is C16H25N. The first-order chi connectivity index (χ1) is 8.33. The average Bonchev–Trinajstić information content (AvgIpc) is 2.40. The van der Waals surface area contributed by atoms with Crippen molar-refractivity contribution in [1.82, 2.24) is 5.32 Å². The molecule has 0 aliphatic heterocycles. The smallest absolute Gasteiger partial charge is 0.00955 e. The van der Waals surface area contributed by atoms with Crippen LogP contribution in [0.4, 0.5) is 0 Å². The van der Waals surface area contributed by atoms with Crippen LogP contribution in [0.15, 0.2) is 24.3 Å². The molecule has 0 amide bonds. The van der Waals surface area contributed by atoms with E-state index in [2.05, 4.69) is 43.6 Å². The molecule has 1 aliphatic rings. The Morgan fingerprint density at radius 3 is 2.35 bits per heavy atom. The maximum atomic E-state index is 3.50. The first-order valence-electron chi connectivity index (χ1n) is 7.08. The maximum Gasteiger partial charge on any atom is 0.00955 e. The van der Waals surface area contributed by atoms with E-state index in [1.54, 1.807) is 0 Å². The minimum atomic E-state index is 0.731. The van der Waals surface area contributed by atoms with Crippen LogP contribution in [0.5, 0.6) is 0 Å². The number of aryl methyl sites for hydroxylation is 1. The fourth-order valence-corrected chi connectivity index (χ4v) is 3.05. The molecule has 2 atom stereocenters. The predicted octanol–water partition coefficient (Wildman–Crippen LogP) is 3.57. The second-order valence-electron chi connectivity index (χ2n) is 5.31. The van der Waals surface area contributed by atoms with Gasteiger partial charge in [0.2, 0.25) is 0 Å². The van der Waals surface area contributed by atoms with E-state index in [0.717, 1.165) is 18.4 Å². The van der Waals surface area contributed by atoms with E-state index >= 15 is 0 Å². The van der Waals surface area contributed by atoms with Gasteiger partial charge in [0, 0.05) is 6.04 Å². The van der Waals surface area contributed by atoms with Crippen LogP contribution in [0, 0.1) is 5.92 Å². The molecular weight excluding hydrogens is 206 g/mol. The van der Waals surface area contributed by atoms with E-state index in [1.165, 1.54) is 43.2 Å². The minimum Gasteiger partial charge on any atom is -0.317 e. The van der Waals surface area contributed by atoms with Gasteiger partial charge >= 0.3 is 0 Å². The van der Waals surface area contributed by atoms with Crippen molar-refractivity contribution in [3.8, 4) is 0 Å². The van der Waals surface area contributed by atoms with Gasteiger partial charge in [0.05, 0.1) is 0 Å². The van der Waals surface area contributed by atoms with Gasteiger partial charge in [-0.05, 0) is 49.8 Å². The molecule has 1 fully saturated rings. The lowest BCUT2D eigenvalue weighted by atomic mass is 9.81. The quantitative estimate of drug-likeness (QED) is 0.835. The lowest BCUT2D eigenvalue weighted by Gasteiger charge is -2.31. The third kappa shape index (κ3) is 3.32. The van der Waals surface area contributed by atoms with Crippen LogP contribution < -0.4 is 5.32 Å². The molecule has 0 aromatic heterocycles. The third-order valence-corrected chi connectivity index (χ3v) is 4.21. The molecule has 94 valence electrons. The molecule has 0 bridgehead atoms. The number of hydrogen-bond donors (Lipinski definition) is 1. The summed E-state index contributed by atoms with van der Waals surface area (Å²) in [4.78, 5) is 0.